The molecule has 0 aliphatic rings. The van der Waals surface area contributed by atoms with Crippen LogP contribution in [-0.4, -0.2) is 18.1 Å². The van der Waals surface area contributed by atoms with E-state index in [-0.39, 0.29) is 11.7 Å². The number of carbonyl (C=O) groups is 1. The highest BCUT2D eigenvalue weighted by Gasteiger charge is 2.16. The number of phenols is 1. The Morgan fingerprint density at radius 3 is 2.65 bits per heavy atom. The molecule has 2 rings (SSSR count). The Labute approximate surface area is 133 Å². The summed E-state index contributed by atoms with van der Waals surface area (Å²) in [4.78, 5) is 12.3. The molecular formula is C14H11Br2NO3. The van der Waals surface area contributed by atoms with Crippen LogP contribution >= 0.6 is 31.9 Å². The average molecular weight is 401 g/mol. The normalized spacial score (nSPS) is 10.2. The molecule has 0 saturated heterocycles. The van der Waals surface area contributed by atoms with E-state index in [0.29, 0.717) is 21.5 Å². The number of anilines is 1. The molecule has 0 atom stereocenters. The number of hydrogen-bond donors (Lipinski definition) is 2. The molecule has 4 nitrogen and oxygen atoms in total. The first-order valence-electron chi connectivity index (χ1n) is 5.64. The number of phenolic OH excluding ortho intramolecular Hbond substituents is 1. The third-order valence-corrected chi connectivity index (χ3v) is 3.61. The number of amides is 1. The predicted molar refractivity (Wildman–Crippen MR) is 84.5 cm³/mol. The van der Waals surface area contributed by atoms with Gasteiger partial charge >= 0.3 is 0 Å². The van der Waals surface area contributed by atoms with E-state index in [1.165, 1.54) is 19.2 Å². The van der Waals surface area contributed by atoms with E-state index >= 15 is 0 Å². The van der Waals surface area contributed by atoms with Gasteiger partial charge in [-0.1, -0.05) is 22.0 Å². The molecule has 0 heterocycles. The molecule has 0 aromatic heterocycles. The van der Waals surface area contributed by atoms with Crippen LogP contribution in [0.2, 0.25) is 0 Å². The number of hydrogen-bond acceptors (Lipinski definition) is 3. The van der Waals surface area contributed by atoms with E-state index in [2.05, 4.69) is 37.2 Å². The van der Waals surface area contributed by atoms with Crippen LogP contribution in [0.1, 0.15) is 10.4 Å². The Morgan fingerprint density at radius 1 is 1.25 bits per heavy atom. The van der Waals surface area contributed by atoms with Gasteiger partial charge in [0.1, 0.15) is 11.5 Å². The topological polar surface area (TPSA) is 58.6 Å². The molecule has 104 valence electrons. The minimum atomic E-state index is -0.325. The van der Waals surface area contributed by atoms with Gasteiger partial charge in [0.25, 0.3) is 5.91 Å². The van der Waals surface area contributed by atoms with Crippen molar-refractivity contribution in [3.8, 4) is 11.5 Å². The lowest BCUT2D eigenvalue weighted by atomic mass is 10.2. The molecule has 20 heavy (non-hydrogen) atoms. The number of benzene rings is 2. The third-order valence-electron chi connectivity index (χ3n) is 2.56. The molecular weight excluding hydrogens is 390 g/mol. The van der Waals surface area contributed by atoms with Crippen molar-refractivity contribution in [2.24, 2.45) is 0 Å². The number of nitrogens with one attached hydrogen (secondary N) is 1. The number of rotatable bonds is 3. The van der Waals surface area contributed by atoms with Crippen molar-refractivity contribution < 1.29 is 14.6 Å². The smallest absolute Gasteiger partial charge is 0.259 e. The van der Waals surface area contributed by atoms with E-state index < -0.39 is 0 Å². The Bertz CT molecular complexity index is 659. The van der Waals surface area contributed by atoms with Crippen LogP contribution in [0, 0.1) is 0 Å². The van der Waals surface area contributed by atoms with Gasteiger partial charge in [0.15, 0.2) is 0 Å². The van der Waals surface area contributed by atoms with Crippen molar-refractivity contribution >= 4 is 43.5 Å². The van der Waals surface area contributed by atoms with Gasteiger partial charge in [0.05, 0.1) is 17.1 Å². The number of methoxy groups -OCH3 is 1. The molecule has 0 unspecified atom stereocenters. The fourth-order valence-electron chi connectivity index (χ4n) is 1.72. The molecule has 2 N–H and O–H groups in total. The molecule has 0 aliphatic carbocycles. The standard InChI is InChI=1S/C14H11Br2NO3/c1-20-13-11(5-8(15)6-12(13)16)14(19)17-9-3-2-4-10(18)7-9/h2-7,18H,1H3,(H,17,19). The highest BCUT2D eigenvalue weighted by Crippen LogP contribution is 2.33. The van der Waals surface area contributed by atoms with Crippen LogP contribution in [0.15, 0.2) is 45.3 Å². The maximum atomic E-state index is 12.3. The van der Waals surface area contributed by atoms with Crippen molar-refractivity contribution in [3.63, 3.8) is 0 Å². The average Bonchev–Trinajstić information content (AvgIpc) is 2.37. The van der Waals surface area contributed by atoms with E-state index in [1.807, 2.05) is 0 Å². The molecule has 0 aliphatic heterocycles. The van der Waals surface area contributed by atoms with Gasteiger partial charge in [-0.3, -0.25) is 4.79 Å². The van der Waals surface area contributed by atoms with Gasteiger partial charge in [-0.15, -0.1) is 0 Å². The van der Waals surface area contributed by atoms with E-state index in [0.717, 1.165) is 4.47 Å². The number of carbonyl (C=O) groups excluding carboxylic acids is 1. The lowest BCUT2D eigenvalue weighted by molar-refractivity contribution is 0.102. The molecule has 0 fully saturated rings. The minimum Gasteiger partial charge on any atom is -0.508 e. The Balaban J connectivity index is 2.34. The molecule has 0 radical (unpaired) electrons. The number of ether oxygens (including phenoxy) is 1. The molecule has 0 saturated carbocycles. The number of halogens is 2. The Hall–Kier alpha value is -1.53. The van der Waals surface area contributed by atoms with Gasteiger partial charge < -0.3 is 15.2 Å². The SMILES string of the molecule is COc1c(Br)cc(Br)cc1C(=O)Nc1cccc(O)c1. The van der Waals surface area contributed by atoms with E-state index in [9.17, 15) is 9.90 Å². The van der Waals surface area contributed by atoms with Crippen LogP contribution in [0.25, 0.3) is 0 Å². The predicted octanol–water partition coefficient (Wildman–Crippen LogP) is 4.18. The summed E-state index contributed by atoms with van der Waals surface area (Å²) < 4.78 is 6.67. The summed E-state index contributed by atoms with van der Waals surface area (Å²) in [5, 5.41) is 12.1. The monoisotopic (exact) mass is 399 g/mol. The second-order valence-electron chi connectivity index (χ2n) is 3.97. The zero-order chi connectivity index (χ0) is 14.7. The highest BCUT2D eigenvalue weighted by molar-refractivity contribution is 9.11. The van der Waals surface area contributed by atoms with Crippen molar-refractivity contribution in [3.05, 3.63) is 50.9 Å². The summed E-state index contributed by atoms with van der Waals surface area (Å²) >= 11 is 6.68. The second kappa shape index (κ2) is 6.28. The maximum Gasteiger partial charge on any atom is 0.259 e. The molecule has 0 bridgehead atoms. The molecule has 6 heteroatoms. The van der Waals surface area contributed by atoms with Gasteiger partial charge in [0, 0.05) is 16.2 Å². The maximum absolute atomic E-state index is 12.3. The van der Waals surface area contributed by atoms with Crippen LogP contribution in [0.4, 0.5) is 5.69 Å². The summed E-state index contributed by atoms with van der Waals surface area (Å²) in [5.41, 5.74) is 0.894. The fourth-order valence-corrected chi connectivity index (χ4v) is 3.11. The molecule has 1 amide bonds. The zero-order valence-corrected chi connectivity index (χ0v) is 13.7. The molecule has 2 aromatic carbocycles. The van der Waals surface area contributed by atoms with Crippen molar-refractivity contribution in [2.45, 2.75) is 0 Å². The summed E-state index contributed by atoms with van der Waals surface area (Å²) in [7, 11) is 1.50. The van der Waals surface area contributed by atoms with Crippen molar-refractivity contribution in [1.29, 1.82) is 0 Å². The van der Waals surface area contributed by atoms with Crippen LogP contribution < -0.4 is 10.1 Å². The first kappa shape index (κ1) is 14.9. The van der Waals surface area contributed by atoms with Gasteiger partial charge in [-0.25, -0.2) is 0 Å². The minimum absolute atomic E-state index is 0.0881. The summed E-state index contributed by atoms with van der Waals surface area (Å²) in [6, 6.07) is 9.81. The van der Waals surface area contributed by atoms with Crippen LogP contribution in [0.5, 0.6) is 11.5 Å². The molecule has 2 aromatic rings. The van der Waals surface area contributed by atoms with Crippen molar-refractivity contribution in [2.75, 3.05) is 12.4 Å². The molecule has 0 spiro atoms. The quantitative estimate of drug-likeness (QED) is 0.812. The van der Waals surface area contributed by atoms with Crippen LogP contribution in [0.3, 0.4) is 0 Å². The van der Waals surface area contributed by atoms with E-state index in [4.69, 9.17) is 4.74 Å². The summed E-state index contributed by atoms with van der Waals surface area (Å²) in [6.45, 7) is 0. The van der Waals surface area contributed by atoms with Gasteiger partial charge in [-0.2, -0.15) is 0 Å². The van der Waals surface area contributed by atoms with Gasteiger partial charge in [0.2, 0.25) is 0 Å². The lowest BCUT2D eigenvalue weighted by Gasteiger charge is -2.12. The largest absolute Gasteiger partial charge is 0.508 e. The van der Waals surface area contributed by atoms with Crippen LogP contribution in [-0.2, 0) is 0 Å². The summed E-state index contributed by atoms with van der Waals surface area (Å²) in [5.74, 6) is 0.213. The lowest BCUT2D eigenvalue weighted by Crippen LogP contribution is -2.13. The Kier molecular flexibility index (Phi) is 4.67. The second-order valence-corrected chi connectivity index (χ2v) is 5.74. The zero-order valence-electron chi connectivity index (χ0n) is 10.5. The third kappa shape index (κ3) is 3.32. The Morgan fingerprint density at radius 2 is 2.00 bits per heavy atom. The summed E-state index contributed by atoms with van der Waals surface area (Å²) in [6.07, 6.45) is 0. The first-order valence-corrected chi connectivity index (χ1v) is 7.23. The highest BCUT2D eigenvalue weighted by atomic mass is 79.9. The number of aromatic hydroxyl groups is 1. The fraction of sp³-hybridized carbons (Fsp3) is 0.0714. The van der Waals surface area contributed by atoms with Crippen molar-refractivity contribution in [1.82, 2.24) is 0 Å². The first-order chi connectivity index (χ1) is 9.51. The van der Waals surface area contributed by atoms with E-state index in [1.54, 1.807) is 24.3 Å². The van der Waals surface area contributed by atoms with Gasteiger partial charge in [-0.05, 0) is 40.2 Å².